The van der Waals surface area contributed by atoms with E-state index in [1.807, 2.05) is 25.4 Å². The molecule has 0 aliphatic rings. The van der Waals surface area contributed by atoms with E-state index in [-0.39, 0.29) is 5.97 Å². The molecule has 0 radical (unpaired) electrons. The summed E-state index contributed by atoms with van der Waals surface area (Å²) in [5, 5.41) is 7.21. The highest BCUT2D eigenvalue weighted by Gasteiger charge is 2.13. The van der Waals surface area contributed by atoms with Gasteiger partial charge in [-0.1, -0.05) is 12.1 Å². The summed E-state index contributed by atoms with van der Waals surface area (Å²) in [5.74, 6) is -0.318. The number of aromatic nitrogens is 2. The Labute approximate surface area is 130 Å². The molecular formula is C16H22N4O2. The van der Waals surface area contributed by atoms with Crippen molar-refractivity contribution >= 4 is 5.97 Å². The van der Waals surface area contributed by atoms with E-state index in [2.05, 4.69) is 15.1 Å². The molecule has 0 unspecified atom stereocenters. The Hall–Kier alpha value is -2.18. The molecule has 1 heterocycles. The normalized spacial score (nSPS) is 10.9. The van der Waals surface area contributed by atoms with Crippen molar-refractivity contribution in [2.45, 2.75) is 13.5 Å². The van der Waals surface area contributed by atoms with E-state index >= 15 is 0 Å². The standard InChI is InChI=1S/C16H22N4O2/c1-3-22-16(21)13-6-4-5-12(9-13)15-14(10-18-19-15)11-20(2)8-7-17/h4-6,9-10H,3,7-8,11,17H2,1-2H3,(H,18,19). The first-order valence-electron chi connectivity index (χ1n) is 7.34. The van der Waals surface area contributed by atoms with Gasteiger partial charge < -0.3 is 15.4 Å². The average molecular weight is 302 g/mol. The number of likely N-dealkylation sites (N-methyl/N-ethyl adjacent to an activating group) is 1. The molecule has 0 spiro atoms. The highest BCUT2D eigenvalue weighted by molar-refractivity contribution is 5.91. The van der Waals surface area contributed by atoms with Gasteiger partial charge in [0.15, 0.2) is 0 Å². The minimum absolute atomic E-state index is 0.318. The van der Waals surface area contributed by atoms with Crippen molar-refractivity contribution in [2.75, 3.05) is 26.7 Å². The summed E-state index contributed by atoms with van der Waals surface area (Å²) in [4.78, 5) is 14.0. The van der Waals surface area contributed by atoms with Crippen LogP contribution in [0.5, 0.6) is 0 Å². The van der Waals surface area contributed by atoms with Crippen LogP contribution in [-0.2, 0) is 11.3 Å². The Kier molecular flexibility index (Phi) is 5.68. The van der Waals surface area contributed by atoms with Gasteiger partial charge in [-0.15, -0.1) is 0 Å². The molecule has 2 aromatic rings. The predicted octanol–water partition coefficient (Wildman–Crippen LogP) is 1.64. The van der Waals surface area contributed by atoms with Crippen LogP contribution >= 0.6 is 0 Å². The molecule has 1 aromatic heterocycles. The molecule has 3 N–H and O–H groups in total. The Morgan fingerprint density at radius 2 is 2.27 bits per heavy atom. The van der Waals surface area contributed by atoms with Crippen LogP contribution in [0, 0.1) is 0 Å². The van der Waals surface area contributed by atoms with Gasteiger partial charge in [0, 0.05) is 37.0 Å². The van der Waals surface area contributed by atoms with Crippen molar-refractivity contribution in [3.8, 4) is 11.3 Å². The monoisotopic (exact) mass is 302 g/mol. The third kappa shape index (κ3) is 3.93. The fourth-order valence-corrected chi connectivity index (χ4v) is 2.28. The number of carbonyl (C=O) groups excluding carboxylic acids is 1. The summed E-state index contributed by atoms with van der Waals surface area (Å²) in [6, 6.07) is 7.32. The molecule has 1 aromatic carbocycles. The second kappa shape index (κ2) is 7.72. The summed E-state index contributed by atoms with van der Waals surface area (Å²) >= 11 is 0. The fraction of sp³-hybridized carbons (Fsp3) is 0.375. The number of nitrogens with two attached hydrogens (primary N) is 1. The zero-order valence-electron chi connectivity index (χ0n) is 13.0. The van der Waals surface area contributed by atoms with Crippen molar-refractivity contribution in [2.24, 2.45) is 5.73 Å². The number of nitrogens with zero attached hydrogens (tertiary/aromatic N) is 2. The summed E-state index contributed by atoms with van der Waals surface area (Å²) in [6.07, 6.45) is 1.87. The summed E-state index contributed by atoms with van der Waals surface area (Å²) in [6.45, 7) is 4.32. The zero-order chi connectivity index (χ0) is 15.9. The lowest BCUT2D eigenvalue weighted by atomic mass is 10.0. The lowest BCUT2D eigenvalue weighted by Gasteiger charge is -2.15. The molecular weight excluding hydrogens is 280 g/mol. The number of carbonyl (C=O) groups is 1. The number of ether oxygens (including phenoxy) is 1. The minimum Gasteiger partial charge on any atom is -0.462 e. The number of nitrogens with one attached hydrogen (secondary N) is 1. The largest absolute Gasteiger partial charge is 0.462 e. The smallest absolute Gasteiger partial charge is 0.338 e. The zero-order valence-corrected chi connectivity index (χ0v) is 13.0. The number of benzene rings is 1. The van der Waals surface area contributed by atoms with E-state index in [0.717, 1.165) is 29.9 Å². The molecule has 0 aliphatic heterocycles. The number of esters is 1. The van der Waals surface area contributed by atoms with E-state index in [1.165, 1.54) is 0 Å². The molecule has 0 atom stereocenters. The van der Waals surface area contributed by atoms with E-state index in [0.29, 0.717) is 18.7 Å². The molecule has 22 heavy (non-hydrogen) atoms. The van der Waals surface area contributed by atoms with Crippen LogP contribution in [0.2, 0.25) is 0 Å². The van der Waals surface area contributed by atoms with Crippen molar-refractivity contribution in [1.82, 2.24) is 15.1 Å². The molecule has 0 saturated heterocycles. The lowest BCUT2D eigenvalue weighted by Crippen LogP contribution is -2.25. The number of aromatic amines is 1. The van der Waals surface area contributed by atoms with Crippen LogP contribution in [0.15, 0.2) is 30.5 Å². The highest BCUT2D eigenvalue weighted by Crippen LogP contribution is 2.23. The quantitative estimate of drug-likeness (QED) is 0.760. The Balaban J connectivity index is 2.24. The first-order chi connectivity index (χ1) is 10.7. The van der Waals surface area contributed by atoms with Crippen LogP contribution < -0.4 is 5.73 Å². The van der Waals surface area contributed by atoms with E-state index in [4.69, 9.17) is 10.5 Å². The first kappa shape index (κ1) is 16.2. The minimum atomic E-state index is -0.318. The first-order valence-corrected chi connectivity index (χ1v) is 7.34. The Morgan fingerprint density at radius 1 is 1.45 bits per heavy atom. The van der Waals surface area contributed by atoms with E-state index in [1.54, 1.807) is 19.1 Å². The third-order valence-electron chi connectivity index (χ3n) is 3.32. The van der Waals surface area contributed by atoms with E-state index < -0.39 is 0 Å². The Bertz CT molecular complexity index is 624. The molecule has 6 nitrogen and oxygen atoms in total. The molecule has 118 valence electrons. The maximum Gasteiger partial charge on any atom is 0.338 e. The van der Waals surface area contributed by atoms with Crippen LogP contribution in [0.4, 0.5) is 0 Å². The van der Waals surface area contributed by atoms with Crippen molar-refractivity contribution in [3.05, 3.63) is 41.6 Å². The number of hydrogen-bond acceptors (Lipinski definition) is 5. The van der Waals surface area contributed by atoms with Crippen LogP contribution in [0.3, 0.4) is 0 Å². The second-order valence-electron chi connectivity index (χ2n) is 5.09. The maximum absolute atomic E-state index is 11.8. The predicted molar refractivity (Wildman–Crippen MR) is 85.4 cm³/mol. The molecule has 2 rings (SSSR count). The summed E-state index contributed by atoms with van der Waals surface area (Å²) < 4.78 is 5.04. The van der Waals surface area contributed by atoms with E-state index in [9.17, 15) is 4.79 Å². The van der Waals surface area contributed by atoms with Gasteiger partial charge in [-0.2, -0.15) is 5.10 Å². The van der Waals surface area contributed by atoms with Gasteiger partial charge in [0.2, 0.25) is 0 Å². The van der Waals surface area contributed by atoms with Gasteiger partial charge in [-0.05, 0) is 26.1 Å². The molecule has 0 aliphatic carbocycles. The molecule has 0 saturated carbocycles. The van der Waals surface area contributed by atoms with Crippen LogP contribution in [-0.4, -0.2) is 47.8 Å². The van der Waals surface area contributed by atoms with Gasteiger partial charge in [0.25, 0.3) is 0 Å². The molecule has 0 bridgehead atoms. The van der Waals surface area contributed by atoms with Gasteiger partial charge in [0.1, 0.15) is 0 Å². The molecule has 0 fully saturated rings. The van der Waals surface area contributed by atoms with Crippen molar-refractivity contribution < 1.29 is 9.53 Å². The van der Waals surface area contributed by atoms with Crippen LogP contribution in [0.25, 0.3) is 11.3 Å². The second-order valence-corrected chi connectivity index (χ2v) is 5.09. The lowest BCUT2D eigenvalue weighted by molar-refractivity contribution is 0.0526. The van der Waals surface area contributed by atoms with Crippen molar-refractivity contribution in [3.63, 3.8) is 0 Å². The van der Waals surface area contributed by atoms with Gasteiger partial charge >= 0.3 is 5.97 Å². The van der Waals surface area contributed by atoms with Gasteiger partial charge in [-0.3, -0.25) is 5.10 Å². The fourth-order valence-electron chi connectivity index (χ4n) is 2.28. The maximum atomic E-state index is 11.8. The SMILES string of the molecule is CCOC(=O)c1cccc(-c2n[nH]cc2CN(C)CCN)c1. The van der Waals surface area contributed by atoms with Gasteiger partial charge in [0.05, 0.1) is 17.9 Å². The number of rotatable bonds is 7. The Morgan fingerprint density at radius 3 is 3.00 bits per heavy atom. The molecule has 0 amide bonds. The summed E-state index contributed by atoms with van der Waals surface area (Å²) in [7, 11) is 2.01. The number of hydrogen-bond donors (Lipinski definition) is 2. The van der Waals surface area contributed by atoms with Crippen molar-refractivity contribution in [1.29, 1.82) is 0 Å². The average Bonchev–Trinajstić information content (AvgIpc) is 2.96. The summed E-state index contributed by atoms with van der Waals surface area (Å²) in [5.41, 5.74) is 8.90. The van der Waals surface area contributed by atoms with Gasteiger partial charge in [-0.25, -0.2) is 4.79 Å². The molecule has 6 heteroatoms. The van der Waals surface area contributed by atoms with Crippen LogP contribution in [0.1, 0.15) is 22.8 Å². The number of H-pyrrole nitrogens is 1. The third-order valence-corrected chi connectivity index (χ3v) is 3.32. The topological polar surface area (TPSA) is 84.2 Å². The highest BCUT2D eigenvalue weighted by atomic mass is 16.5.